The van der Waals surface area contributed by atoms with Crippen molar-refractivity contribution < 1.29 is 4.79 Å². The lowest BCUT2D eigenvalue weighted by molar-refractivity contribution is 0.0944. The second-order valence-electron chi connectivity index (χ2n) is 7.32. The van der Waals surface area contributed by atoms with Crippen molar-refractivity contribution in [3.63, 3.8) is 0 Å². The molecule has 1 amide bonds. The molecule has 0 atom stereocenters. The normalized spacial score (nSPS) is 14.7. The fourth-order valence-electron chi connectivity index (χ4n) is 3.67. The number of hydrogen-bond acceptors (Lipinski definition) is 3. The van der Waals surface area contributed by atoms with Gasteiger partial charge in [-0.15, -0.1) is 0 Å². The van der Waals surface area contributed by atoms with Gasteiger partial charge in [-0.3, -0.25) is 14.3 Å². The summed E-state index contributed by atoms with van der Waals surface area (Å²) in [7, 11) is 0. The van der Waals surface area contributed by atoms with Gasteiger partial charge in [0.15, 0.2) is 0 Å². The van der Waals surface area contributed by atoms with Crippen LogP contribution in [-0.4, -0.2) is 33.4 Å². The monoisotopic (exact) mass is 374 g/mol. The van der Waals surface area contributed by atoms with Crippen molar-refractivity contribution in [2.75, 3.05) is 13.1 Å². The highest BCUT2D eigenvalue weighted by Gasteiger charge is 2.13. The van der Waals surface area contributed by atoms with Crippen LogP contribution in [0.4, 0.5) is 0 Å². The number of rotatable bonds is 6. The molecule has 0 aliphatic carbocycles. The van der Waals surface area contributed by atoms with E-state index in [1.54, 1.807) is 17.1 Å². The number of nitrogens with zero attached hydrogens (tertiary/aromatic N) is 3. The molecule has 5 heteroatoms. The zero-order chi connectivity index (χ0) is 19.2. The molecule has 1 aromatic heterocycles. The first-order chi connectivity index (χ1) is 13.8. The summed E-state index contributed by atoms with van der Waals surface area (Å²) in [6.07, 6.45) is 7.25. The standard InChI is InChI=1S/C23H26N4O/c28-23(22-16-24-18-27(22)21-7-3-1-4-8-21)25-15-19-9-11-20(12-10-19)17-26-13-5-2-6-14-26/h1,3-4,7-12,16,18H,2,5-6,13-15,17H2,(H,25,28). The third-order valence-corrected chi connectivity index (χ3v) is 5.24. The van der Waals surface area contributed by atoms with Crippen LogP contribution in [0.5, 0.6) is 0 Å². The lowest BCUT2D eigenvalue weighted by Gasteiger charge is -2.26. The first kappa shape index (κ1) is 18.4. The van der Waals surface area contributed by atoms with Crippen molar-refractivity contribution in [3.8, 4) is 5.69 Å². The first-order valence-electron chi connectivity index (χ1n) is 9.96. The molecule has 1 aliphatic rings. The third kappa shape index (κ3) is 4.49. The van der Waals surface area contributed by atoms with E-state index in [1.165, 1.54) is 37.9 Å². The number of carbonyl (C=O) groups is 1. The van der Waals surface area contributed by atoms with Crippen molar-refractivity contribution >= 4 is 5.91 Å². The van der Waals surface area contributed by atoms with Crippen molar-refractivity contribution in [2.24, 2.45) is 0 Å². The summed E-state index contributed by atoms with van der Waals surface area (Å²) >= 11 is 0. The van der Waals surface area contributed by atoms with E-state index >= 15 is 0 Å². The summed E-state index contributed by atoms with van der Waals surface area (Å²) in [5.41, 5.74) is 3.89. The van der Waals surface area contributed by atoms with Crippen LogP contribution in [0.3, 0.4) is 0 Å². The molecule has 1 N–H and O–H groups in total. The molecule has 0 bridgehead atoms. The van der Waals surface area contributed by atoms with E-state index in [0.29, 0.717) is 12.2 Å². The molecular weight excluding hydrogens is 348 g/mol. The number of benzene rings is 2. The molecule has 5 nitrogen and oxygen atoms in total. The maximum absolute atomic E-state index is 12.6. The summed E-state index contributed by atoms with van der Waals surface area (Å²) in [4.78, 5) is 19.3. The number of imidazole rings is 1. The Morgan fingerprint density at radius 3 is 2.39 bits per heavy atom. The summed E-state index contributed by atoms with van der Waals surface area (Å²) in [5.74, 6) is -0.126. The van der Waals surface area contributed by atoms with Crippen molar-refractivity contribution in [1.29, 1.82) is 0 Å². The fraction of sp³-hybridized carbons (Fsp3) is 0.304. The molecule has 28 heavy (non-hydrogen) atoms. The zero-order valence-corrected chi connectivity index (χ0v) is 16.1. The Hall–Kier alpha value is -2.92. The minimum atomic E-state index is -0.126. The van der Waals surface area contributed by atoms with Crippen LogP contribution >= 0.6 is 0 Å². The van der Waals surface area contributed by atoms with Gasteiger partial charge in [-0.05, 0) is 49.2 Å². The van der Waals surface area contributed by atoms with Crippen LogP contribution < -0.4 is 5.32 Å². The van der Waals surface area contributed by atoms with Gasteiger partial charge in [0.1, 0.15) is 5.69 Å². The maximum atomic E-state index is 12.6. The summed E-state index contributed by atoms with van der Waals surface area (Å²) in [6.45, 7) is 3.92. The third-order valence-electron chi connectivity index (χ3n) is 5.24. The Kier molecular flexibility index (Phi) is 5.83. The van der Waals surface area contributed by atoms with Crippen LogP contribution in [0.15, 0.2) is 67.1 Å². The minimum absolute atomic E-state index is 0.126. The minimum Gasteiger partial charge on any atom is -0.347 e. The van der Waals surface area contributed by atoms with Gasteiger partial charge in [-0.2, -0.15) is 0 Å². The molecule has 1 aliphatic heterocycles. The molecule has 4 rings (SSSR count). The molecule has 0 radical (unpaired) electrons. The SMILES string of the molecule is O=C(NCc1ccc(CN2CCCCC2)cc1)c1cncn1-c1ccccc1. The summed E-state index contributed by atoms with van der Waals surface area (Å²) in [6, 6.07) is 18.3. The second-order valence-corrected chi connectivity index (χ2v) is 7.32. The second kappa shape index (κ2) is 8.85. The van der Waals surface area contributed by atoms with Gasteiger partial charge in [0.05, 0.1) is 12.5 Å². The van der Waals surface area contributed by atoms with Crippen LogP contribution in [-0.2, 0) is 13.1 Å². The van der Waals surface area contributed by atoms with E-state index in [1.807, 2.05) is 30.3 Å². The van der Waals surface area contributed by atoms with Gasteiger partial charge < -0.3 is 5.32 Å². The van der Waals surface area contributed by atoms with E-state index in [4.69, 9.17) is 0 Å². The Morgan fingerprint density at radius 1 is 0.929 bits per heavy atom. The van der Waals surface area contributed by atoms with Gasteiger partial charge in [0, 0.05) is 18.8 Å². The lowest BCUT2D eigenvalue weighted by Crippen LogP contribution is -2.29. The molecule has 0 spiro atoms. The number of piperidine rings is 1. The molecule has 2 heterocycles. The number of nitrogens with one attached hydrogen (secondary N) is 1. The first-order valence-corrected chi connectivity index (χ1v) is 9.96. The highest BCUT2D eigenvalue weighted by atomic mass is 16.1. The Morgan fingerprint density at radius 2 is 1.64 bits per heavy atom. The average molecular weight is 374 g/mol. The highest BCUT2D eigenvalue weighted by molar-refractivity contribution is 5.92. The number of likely N-dealkylation sites (tertiary alicyclic amines) is 1. The predicted octanol–water partition coefficient (Wildman–Crippen LogP) is 3.79. The highest BCUT2D eigenvalue weighted by Crippen LogP contribution is 2.14. The molecule has 0 unspecified atom stereocenters. The van der Waals surface area contributed by atoms with Crippen molar-refractivity contribution in [1.82, 2.24) is 19.8 Å². The molecule has 0 saturated carbocycles. The molecular formula is C23H26N4O. The van der Waals surface area contributed by atoms with Crippen LogP contribution in [0.2, 0.25) is 0 Å². The Bertz CT molecular complexity index is 896. The number of aromatic nitrogens is 2. The lowest BCUT2D eigenvalue weighted by atomic mass is 10.1. The van der Waals surface area contributed by atoms with E-state index in [2.05, 4.69) is 39.5 Å². The molecule has 2 aromatic carbocycles. The Balaban J connectivity index is 1.35. The van der Waals surface area contributed by atoms with E-state index in [0.717, 1.165) is 17.8 Å². The maximum Gasteiger partial charge on any atom is 0.270 e. The molecule has 1 fully saturated rings. The van der Waals surface area contributed by atoms with Gasteiger partial charge in [-0.1, -0.05) is 48.9 Å². The van der Waals surface area contributed by atoms with Crippen LogP contribution in [0.25, 0.3) is 5.69 Å². The topological polar surface area (TPSA) is 50.2 Å². The zero-order valence-electron chi connectivity index (χ0n) is 16.1. The van der Waals surface area contributed by atoms with E-state index in [9.17, 15) is 4.79 Å². The van der Waals surface area contributed by atoms with Gasteiger partial charge in [0.2, 0.25) is 0 Å². The Labute approximate surface area is 166 Å². The molecule has 3 aromatic rings. The summed E-state index contributed by atoms with van der Waals surface area (Å²) < 4.78 is 1.80. The van der Waals surface area contributed by atoms with Gasteiger partial charge >= 0.3 is 0 Å². The number of hydrogen-bond donors (Lipinski definition) is 1. The quantitative estimate of drug-likeness (QED) is 0.714. The fourth-order valence-corrected chi connectivity index (χ4v) is 3.67. The average Bonchev–Trinajstić information content (AvgIpc) is 3.24. The van der Waals surface area contributed by atoms with Gasteiger partial charge in [0.25, 0.3) is 5.91 Å². The van der Waals surface area contributed by atoms with Crippen molar-refractivity contribution in [3.05, 3.63) is 83.9 Å². The molecule has 1 saturated heterocycles. The van der Waals surface area contributed by atoms with E-state index < -0.39 is 0 Å². The summed E-state index contributed by atoms with van der Waals surface area (Å²) in [5, 5.41) is 3.00. The number of amides is 1. The van der Waals surface area contributed by atoms with Gasteiger partial charge in [-0.25, -0.2) is 4.98 Å². The number of carbonyl (C=O) groups excluding carboxylic acids is 1. The van der Waals surface area contributed by atoms with Crippen LogP contribution in [0, 0.1) is 0 Å². The molecule has 144 valence electrons. The smallest absolute Gasteiger partial charge is 0.270 e. The van der Waals surface area contributed by atoms with E-state index in [-0.39, 0.29) is 5.91 Å². The van der Waals surface area contributed by atoms with Crippen LogP contribution in [0.1, 0.15) is 40.9 Å². The predicted molar refractivity (Wildman–Crippen MR) is 110 cm³/mol. The van der Waals surface area contributed by atoms with Crippen molar-refractivity contribution in [2.45, 2.75) is 32.4 Å². The number of para-hydroxylation sites is 1. The largest absolute Gasteiger partial charge is 0.347 e.